The van der Waals surface area contributed by atoms with Gasteiger partial charge in [-0.15, -0.1) is 0 Å². The number of amides is 1. The second-order valence-corrected chi connectivity index (χ2v) is 9.15. The molecule has 6 rings (SSSR count). The van der Waals surface area contributed by atoms with Crippen molar-refractivity contribution in [3.05, 3.63) is 65.7 Å². The monoisotopic (exact) mass is 453 g/mol. The van der Waals surface area contributed by atoms with Crippen molar-refractivity contribution >= 4 is 28.3 Å². The molecular weight excluding hydrogens is 427 g/mol. The highest BCUT2D eigenvalue weighted by Gasteiger charge is 2.34. The zero-order valence-corrected chi connectivity index (χ0v) is 18.2. The van der Waals surface area contributed by atoms with Crippen LogP contribution in [0.15, 0.2) is 54.6 Å². The third kappa shape index (κ3) is 4.82. The molecule has 2 saturated heterocycles. The van der Waals surface area contributed by atoms with Crippen LogP contribution in [-0.4, -0.2) is 23.5 Å². The quantitative estimate of drug-likeness (QED) is 0.500. The van der Waals surface area contributed by atoms with Gasteiger partial charge in [0.15, 0.2) is 0 Å². The zero-order chi connectivity index (χ0) is 23.0. The Balaban J connectivity index is 1.20. The van der Waals surface area contributed by atoms with Gasteiger partial charge in [-0.25, -0.2) is 4.98 Å². The summed E-state index contributed by atoms with van der Waals surface area (Å²) in [5.74, 6) is 1.64. The van der Waals surface area contributed by atoms with Gasteiger partial charge >= 0.3 is 6.18 Å². The number of rotatable bonds is 5. The zero-order valence-electron chi connectivity index (χ0n) is 18.2. The predicted octanol–water partition coefficient (Wildman–Crippen LogP) is 6.20. The summed E-state index contributed by atoms with van der Waals surface area (Å²) in [7, 11) is 0. The Bertz CT molecular complexity index is 1150. The number of hydrogen-bond acceptors (Lipinski definition) is 3. The molecule has 1 aromatic heterocycles. The van der Waals surface area contributed by atoms with Crippen LogP contribution in [-0.2, 0) is 17.4 Å². The van der Waals surface area contributed by atoms with E-state index in [1.807, 2.05) is 18.2 Å². The fourth-order valence-corrected chi connectivity index (χ4v) is 5.04. The number of aromatic nitrogens is 1. The molecule has 0 unspecified atom stereocenters. The molecule has 7 heteroatoms. The van der Waals surface area contributed by atoms with Gasteiger partial charge in [-0.1, -0.05) is 12.1 Å². The number of carbonyl (C=O) groups is 1. The van der Waals surface area contributed by atoms with E-state index in [1.54, 1.807) is 0 Å². The molecule has 2 aromatic carbocycles. The molecule has 3 heterocycles. The number of fused-ring (bicyclic) bond motifs is 4. The van der Waals surface area contributed by atoms with Crippen LogP contribution in [0, 0.1) is 5.92 Å². The molecule has 0 spiro atoms. The van der Waals surface area contributed by atoms with E-state index in [1.165, 1.54) is 37.8 Å². The van der Waals surface area contributed by atoms with Gasteiger partial charge in [-0.05, 0) is 86.1 Å². The highest BCUT2D eigenvalue weighted by Crippen LogP contribution is 2.37. The number of hydrogen-bond donors (Lipinski definition) is 1. The summed E-state index contributed by atoms with van der Waals surface area (Å²) in [5, 5.41) is 3.84. The average molecular weight is 454 g/mol. The van der Waals surface area contributed by atoms with E-state index in [2.05, 4.69) is 22.3 Å². The number of nitrogens with one attached hydrogen (secondary N) is 1. The Labute approximate surface area is 190 Å². The van der Waals surface area contributed by atoms with Crippen molar-refractivity contribution in [1.82, 2.24) is 4.98 Å². The number of pyridine rings is 1. The molecule has 33 heavy (non-hydrogen) atoms. The van der Waals surface area contributed by atoms with Crippen LogP contribution in [0.1, 0.15) is 43.2 Å². The lowest BCUT2D eigenvalue weighted by Gasteiger charge is -2.46. The average Bonchev–Trinajstić information content (AvgIpc) is 2.83. The molecule has 0 atom stereocenters. The predicted molar refractivity (Wildman–Crippen MR) is 123 cm³/mol. The minimum Gasteiger partial charge on any atom is -0.353 e. The van der Waals surface area contributed by atoms with E-state index in [0.29, 0.717) is 23.7 Å². The Morgan fingerprint density at radius 2 is 1.76 bits per heavy atom. The fourth-order valence-electron chi connectivity index (χ4n) is 5.04. The molecule has 1 aliphatic carbocycles. The lowest BCUT2D eigenvalue weighted by molar-refractivity contribution is -0.137. The van der Waals surface area contributed by atoms with Crippen molar-refractivity contribution in [3.8, 4) is 0 Å². The number of piperidine rings is 2. The Kier molecular flexibility index (Phi) is 5.72. The first-order valence-corrected chi connectivity index (χ1v) is 11.5. The molecule has 0 radical (unpaired) electrons. The summed E-state index contributed by atoms with van der Waals surface area (Å²) < 4.78 is 38.0. The molecular formula is C26H26F3N3O. The SMILES string of the molecule is O=C(CCc1ccc(C(F)(F)F)cc1)Nc1ccc2nc(N3CC4CCC3CC4)ccc2c1. The first-order valence-electron chi connectivity index (χ1n) is 11.5. The third-order valence-corrected chi connectivity index (χ3v) is 6.89. The van der Waals surface area contributed by atoms with E-state index < -0.39 is 11.7 Å². The highest BCUT2D eigenvalue weighted by molar-refractivity contribution is 5.94. The van der Waals surface area contributed by atoms with Crippen LogP contribution in [0.3, 0.4) is 0 Å². The van der Waals surface area contributed by atoms with Crippen molar-refractivity contribution < 1.29 is 18.0 Å². The molecule has 3 aliphatic rings. The van der Waals surface area contributed by atoms with Gasteiger partial charge in [-0.2, -0.15) is 13.2 Å². The topological polar surface area (TPSA) is 45.2 Å². The normalized spacial score (nSPS) is 20.3. The van der Waals surface area contributed by atoms with Crippen LogP contribution in [0.2, 0.25) is 0 Å². The maximum atomic E-state index is 12.7. The highest BCUT2D eigenvalue weighted by atomic mass is 19.4. The smallest absolute Gasteiger partial charge is 0.353 e. The number of nitrogens with zero attached hydrogens (tertiary/aromatic N) is 2. The molecule has 1 N–H and O–H groups in total. The summed E-state index contributed by atoms with van der Waals surface area (Å²) in [6.45, 7) is 1.09. The van der Waals surface area contributed by atoms with Crippen LogP contribution in [0.25, 0.3) is 10.9 Å². The van der Waals surface area contributed by atoms with E-state index in [9.17, 15) is 18.0 Å². The number of aryl methyl sites for hydroxylation is 1. The maximum absolute atomic E-state index is 12.7. The van der Waals surface area contributed by atoms with Crippen LogP contribution < -0.4 is 10.2 Å². The molecule has 1 saturated carbocycles. The van der Waals surface area contributed by atoms with Crippen LogP contribution >= 0.6 is 0 Å². The Morgan fingerprint density at radius 1 is 1.00 bits per heavy atom. The van der Waals surface area contributed by atoms with E-state index >= 15 is 0 Å². The minimum absolute atomic E-state index is 0.178. The number of benzene rings is 2. The molecule has 4 nitrogen and oxygen atoms in total. The molecule has 172 valence electrons. The van der Waals surface area contributed by atoms with E-state index in [4.69, 9.17) is 4.98 Å². The molecule has 3 fully saturated rings. The molecule has 1 amide bonds. The van der Waals surface area contributed by atoms with Crippen LogP contribution in [0.4, 0.5) is 24.7 Å². The van der Waals surface area contributed by atoms with Gasteiger partial charge in [0.2, 0.25) is 5.91 Å². The molecule has 2 aliphatic heterocycles. The third-order valence-electron chi connectivity index (χ3n) is 6.89. The maximum Gasteiger partial charge on any atom is 0.416 e. The lowest BCUT2D eigenvalue weighted by atomic mass is 9.80. The first kappa shape index (κ1) is 21.7. The van der Waals surface area contributed by atoms with Gasteiger partial charge in [-0.3, -0.25) is 4.79 Å². The number of anilines is 2. The summed E-state index contributed by atoms with van der Waals surface area (Å²) >= 11 is 0. The number of carbonyl (C=O) groups excluding carboxylic acids is 1. The van der Waals surface area contributed by atoms with Crippen molar-refractivity contribution in [3.63, 3.8) is 0 Å². The fraction of sp³-hybridized carbons (Fsp3) is 0.385. The van der Waals surface area contributed by atoms with Gasteiger partial charge in [0, 0.05) is 30.1 Å². The summed E-state index contributed by atoms with van der Waals surface area (Å²) in [6.07, 6.45) is 1.38. The molecule has 2 bridgehead atoms. The van der Waals surface area contributed by atoms with Gasteiger partial charge in [0.1, 0.15) is 5.82 Å². The van der Waals surface area contributed by atoms with Gasteiger partial charge in [0.05, 0.1) is 11.1 Å². The Hall–Kier alpha value is -3.09. The van der Waals surface area contributed by atoms with Gasteiger partial charge < -0.3 is 10.2 Å². The summed E-state index contributed by atoms with van der Waals surface area (Å²) in [4.78, 5) is 19.7. The van der Waals surface area contributed by atoms with Gasteiger partial charge in [0.25, 0.3) is 0 Å². The summed E-state index contributed by atoms with van der Waals surface area (Å²) in [5.41, 5.74) is 1.60. The van der Waals surface area contributed by atoms with E-state index in [-0.39, 0.29) is 12.3 Å². The van der Waals surface area contributed by atoms with Crippen LogP contribution in [0.5, 0.6) is 0 Å². The standard InChI is InChI=1S/C26H26F3N3O/c27-26(28,29)20-7-1-17(2-8-20)5-14-25(33)30-21-9-12-23-19(15-21)6-13-24(31-23)32-16-18-3-10-22(32)11-4-18/h1-2,6-9,12-13,15,18,22H,3-5,10-11,14,16H2,(H,30,33). The Morgan fingerprint density at radius 3 is 2.42 bits per heavy atom. The first-order chi connectivity index (χ1) is 15.8. The second-order valence-electron chi connectivity index (χ2n) is 9.15. The van der Waals surface area contributed by atoms with E-state index in [0.717, 1.165) is 41.3 Å². The second kappa shape index (κ2) is 8.69. The van der Waals surface area contributed by atoms with Crippen molar-refractivity contribution in [1.29, 1.82) is 0 Å². The van der Waals surface area contributed by atoms with Crippen molar-refractivity contribution in [2.24, 2.45) is 5.92 Å². The number of halogens is 3. The minimum atomic E-state index is -4.35. The summed E-state index contributed by atoms with van der Waals surface area (Å²) in [6, 6.07) is 15.3. The van der Waals surface area contributed by atoms with Crippen molar-refractivity contribution in [2.75, 3.05) is 16.8 Å². The number of alkyl halides is 3. The molecule has 3 aromatic rings. The lowest BCUT2D eigenvalue weighted by Crippen LogP contribution is -2.48. The van der Waals surface area contributed by atoms with Crippen molar-refractivity contribution in [2.45, 2.75) is 50.7 Å². The largest absolute Gasteiger partial charge is 0.416 e.